The summed E-state index contributed by atoms with van der Waals surface area (Å²) in [6.45, 7) is 9.89. The fraction of sp³-hybridized carbons (Fsp3) is 0.733. The van der Waals surface area contributed by atoms with Crippen LogP contribution in [0.2, 0.25) is 0 Å². The molecule has 0 unspecified atom stereocenters. The van der Waals surface area contributed by atoms with Gasteiger partial charge < -0.3 is 20.3 Å². The number of carbonyl (C=O) groups excluding carboxylic acids is 1. The van der Waals surface area contributed by atoms with Crippen molar-refractivity contribution < 1.29 is 9.53 Å². The Kier molecular flexibility index (Phi) is 8.36. The highest BCUT2D eigenvalue weighted by atomic mass is 35.5. The lowest BCUT2D eigenvalue weighted by atomic mass is 10.3. The SMILES string of the molecule is Cc1nn(C)c(C)c1OCC(=O)NCCCN1CCNCC1.Cl. The Bertz CT molecular complexity index is 500. The van der Waals surface area contributed by atoms with Crippen LogP contribution in [0.15, 0.2) is 0 Å². The Hall–Kier alpha value is -1.31. The lowest BCUT2D eigenvalue weighted by Gasteiger charge is -2.27. The van der Waals surface area contributed by atoms with Crippen LogP contribution < -0.4 is 15.4 Å². The van der Waals surface area contributed by atoms with Crippen molar-refractivity contribution in [3.8, 4) is 5.75 Å². The molecular weight excluding hydrogens is 318 g/mol. The Labute approximate surface area is 144 Å². The van der Waals surface area contributed by atoms with Gasteiger partial charge in [-0.05, 0) is 26.8 Å². The van der Waals surface area contributed by atoms with E-state index >= 15 is 0 Å². The number of amides is 1. The molecule has 8 heteroatoms. The number of hydrogen-bond acceptors (Lipinski definition) is 5. The number of nitrogens with one attached hydrogen (secondary N) is 2. The number of carbonyl (C=O) groups is 1. The van der Waals surface area contributed by atoms with Crippen LogP contribution in [-0.4, -0.2) is 66.5 Å². The van der Waals surface area contributed by atoms with Crippen LogP contribution in [0.3, 0.4) is 0 Å². The van der Waals surface area contributed by atoms with Crippen molar-refractivity contribution in [2.75, 3.05) is 45.9 Å². The van der Waals surface area contributed by atoms with E-state index in [1.54, 1.807) is 4.68 Å². The predicted molar refractivity (Wildman–Crippen MR) is 92.4 cm³/mol. The molecule has 132 valence electrons. The summed E-state index contributed by atoms with van der Waals surface area (Å²) in [5.41, 5.74) is 1.75. The van der Waals surface area contributed by atoms with Crippen molar-refractivity contribution in [3.05, 3.63) is 11.4 Å². The monoisotopic (exact) mass is 345 g/mol. The fourth-order valence-corrected chi connectivity index (χ4v) is 2.62. The highest BCUT2D eigenvalue weighted by Gasteiger charge is 2.12. The van der Waals surface area contributed by atoms with E-state index < -0.39 is 0 Å². The number of rotatable bonds is 7. The Morgan fingerprint density at radius 3 is 2.65 bits per heavy atom. The second kappa shape index (κ2) is 9.75. The molecule has 1 aliphatic rings. The molecule has 1 aromatic rings. The van der Waals surface area contributed by atoms with Gasteiger partial charge in [0.05, 0.1) is 5.69 Å². The summed E-state index contributed by atoms with van der Waals surface area (Å²) in [6, 6.07) is 0. The summed E-state index contributed by atoms with van der Waals surface area (Å²) in [4.78, 5) is 14.2. The molecular formula is C15H28ClN5O2. The predicted octanol–water partition coefficient (Wildman–Crippen LogP) is 0.249. The molecule has 0 aromatic carbocycles. The third-order valence-corrected chi connectivity index (χ3v) is 3.97. The highest BCUT2D eigenvalue weighted by Crippen LogP contribution is 2.20. The van der Waals surface area contributed by atoms with Gasteiger partial charge in [-0.3, -0.25) is 9.48 Å². The summed E-state index contributed by atoms with van der Waals surface area (Å²) in [6.07, 6.45) is 0.969. The molecule has 2 rings (SSSR count). The maximum Gasteiger partial charge on any atom is 0.257 e. The van der Waals surface area contributed by atoms with Crippen LogP contribution in [0.25, 0.3) is 0 Å². The van der Waals surface area contributed by atoms with Gasteiger partial charge in [0, 0.05) is 39.8 Å². The van der Waals surface area contributed by atoms with Crippen LogP contribution in [0, 0.1) is 13.8 Å². The third-order valence-electron chi connectivity index (χ3n) is 3.97. The molecule has 0 atom stereocenters. The van der Waals surface area contributed by atoms with Crippen LogP contribution >= 0.6 is 12.4 Å². The zero-order valence-electron chi connectivity index (χ0n) is 14.2. The van der Waals surface area contributed by atoms with E-state index in [-0.39, 0.29) is 24.9 Å². The van der Waals surface area contributed by atoms with Crippen molar-refractivity contribution in [1.29, 1.82) is 0 Å². The number of halogens is 1. The molecule has 0 radical (unpaired) electrons. The second-order valence-corrected chi connectivity index (χ2v) is 5.71. The molecule has 1 fully saturated rings. The topological polar surface area (TPSA) is 71.4 Å². The summed E-state index contributed by atoms with van der Waals surface area (Å²) >= 11 is 0. The van der Waals surface area contributed by atoms with Crippen molar-refractivity contribution in [2.45, 2.75) is 20.3 Å². The van der Waals surface area contributed by atoms with Crippen LogP contribution in [0.4, 0.5) is 0 Å². The Morgan fingerprint density at radius 1 is 1.35 bits per heavy atom. The minimum Gasteiger partial charge on any atom is -0.480 e. The minimum absolute atomic E-state index is 0. The number of ether oxygens (including phenoxy) is 1. The number of hydrogen-bond donors (Lipinski definition) is 2. The van der Waals surface area contributed by atoms with Gasteiger partial charge in [0.1, 0.15) is 5.69 Å². The van der Waals surface area contributed by atoms with Gasteiger partial charge in [0.2, 0.25) is 0 Å². The van der Waals surface area contributed by atoms with Crippen molar-refractivity contribution in [2.24, 2.45) is 7.05 Å². The van der Waals surface area contributed by atoms with E-state index in [4.69, 9.17) is 4.74 Å². The number of aromatic nitrogens is 2. The van der Waals surface area contributed by atoms with Crippen molar-refractivity contribution in [3.63, 3.8) is 0 Å². The number of piperazine rings is 1. The zero-order chi connectivity index (χ0) is 15.9. The molecule has 1 aromatic heterocycles. The highest BCUT2D eigenvalue weighted by molar-refractivity contribution is 5.85. The van der Waals surface area contributed by atoms with E-state index in [1.807, 2.05) is 20.9 Å². The molecule has 0 saturated carbocycles. The first-order valence-electron chi connectivity index (χ1n) is 7.90. The number of nitrogens with zero attached hydrogens (tertiary/aromatic N) is 3. The molecule has 2 heterocycles. The minimum atomic E-state index is -0.0806. The third kappa shape index (κ3) is 6.01. The average molecular weight is 346 g/mol. The molecule has 2 N–H and O–H groups in total. The van der Waals surface area contributed by atoms with E-state index in [0.29, 0.717) is 12.3 Å². The van der Waals surface area contributed by atoms with Gasteiger partial charge in [0.15, 0.2) is 12.4 Å². The summed E-state index contributed by atoms with van der Waals surface area (Å²) in [7, 11) is 1.87. The molecule has 0 aliphatic carbocycles. The van der Waals surface area contributed by atoms with Crippen LogP contribution in [0.5, 0.6) is 5.75 Å². The quantitative estimate of drug-likeness (QED) is 0.693. The maximum absolute atomic E-state index is 11.8. The smallest absolute Gasteiger partial charge is 0.257 e. The molecule has 1 aliphatic heterocycles. The Balaban J connectivity index is 0.00000264. The number of aryl methyl sites for hydroxylation is 2. The van der Waals surface area contributed by atoms with E-state index in [0.717, 1.165) is 50.5 Å². The first-order chi connectivity index (χ1) is 10.6. The summed E-state index contributed by atoms with van der Waals surface area (Å²) < 4.78 is 7.34. The zero-order valence-corrected chi connectivity index (χ0v) is 15.0. The van der Waals surface area contributed by atoms with Gasteiger partial charge in [-0.2, -0.15) is 5.10 Å². The normalized spacial score (nSPS) is 15.1. The molecule has 1 saturated heterocycles. The van der Waals surface area contributed by atoms with Gasteiger partial charge in [0.25, 0.3) is 5.91 Å². The van der Waals surface area contributed by atoms with Crippen LogP contribution in [-0.2, 0) is 11.8 Å². The average Bonchev–Trinajstić information content (AvgIpc) is 2.76. The van der Waals surface area contributed by atoms with E-state index in [1.165, 1.54) is 0 Å². The largest absolute Gasteiger partial charge is 0.480 e. The second-order valence-electron chi connectivity index (χ2n) is 5.71. The summed E-state index contributed by atoms with van der Waals surface area (Å²) in [5, 5.41) is 10.5. The first-order valence-corrected chi connectivity index (χ1v) is 7.90. The molecule has 0 spiro atoms. The van der Waals surface area contributed by atoms with Gasteiger partial charge >= 0.3 is 0 Å². The molecule has 7 nitrogen and oxygen atoms in total. The molecule has 23 heavy (non-hydrogen) atoms. The van der Waals surface area contributed by atoms with Crippen LogP contribution in [0.1, 0.15) is 17.8 Å². The lowest BCUT2D eigenvalue weighted by molar-refractivity contribution is -0.123. The maximum atomic E-state index is 11.8. The van der Waals surface area contributed by atoms with Crippen molar-refractivity contribution in [1.82, 2.24) is 25.3 Å². The van der Waals surface area contributed by atoms with Crippen molar-refractivity contribution >= 4 is 18.3 Å². The molecule has 0 bridgehead atoms. The Morgan fingerprint density at radius 2 is 2.04 bits per heavy atom. The fourth-order valence-electron chi connectivity index (χ4n) is 2.62. The molecule has 1 amide bonds. The lowest BCUT2D eigenvalue weighted by Crippen LogP contribution is -2.44. The van der Waals surface area contributed by atoms with E-state index in [9.17, 15) is 4.79 Å². The van der Waals surface area contributed by atoms with E-state index in [2.05, 4.69) is 20.6 Å². The summed E-state index contributed by atoms with van der Waals surface area (Å²) in [5.74, 6) is 0.626. The van der Waals surface area contributed by atoms with Gasteiger partial charge in [-0.1, -0.05) is 0 Å². The van der Waals surface area contributed by atoms with Gasteiger partial charge in [-0.15, -0.1) is 12.4 Å². The van der Waals surface area contributed by atoms with Gasteiger partial charge in [-0.25, -0.2) is 0 Å². The standard InChI is InChI=1S/C15H27N5O2.ClH/c1-12-15(13(2)19(3)18-12)22-11-14(21)17-5-4-8-20-9-6-16-7-10-20;/h16H,4-11H2,1-3H3,(H,17,21);1H. The first kappa shape index (κ1) is 19.7.